The summed E-state index contributed by atoms with van der Waals surface area (Å²) < 4.78 is 26.4. The van der Waals surface area contributed by atoms with Crippen LogP contribution in [0.2, 0.25) is 0 Å². The fraction of sp³-hybridized carbons (Fsp3) is 0.714. The highest BCUT2D eigenvalue weighted by molar-refractivity contribution is 5.02. The highest BCUT2D eigenvalue weighted by atomic mass is 19.3. The van der Waals surface area contributed by atoms with Crippen molar-refractivity contribution in [1.82, 2.24) is 20.1 Å². The summed E-state index contributed by atoms with van der Waals surface area (Å²) in [5.74, 6) is 0.373. The summed E-state index contributed by atoms with van der Waals surface area (Å²) in [7, 11) is 0. The zero-order valence-electron chi connectivity index (χ0n) is 7.17. The van der Waals surface area contributed by atoms with E-state index in [0.29, 0.717) is 18.9 Å². The van der Waals surface area contributed by atoms with Crippen LogP contribution in [-0.2, 0) is 6.54 Å². The molecule has 2 heterocycles. The summed E-state index contributed by atoms with van der Waals surface area (Å²) in [4.78, 5) is 0. The van der Waals surface area contributed by atoms with Crippen LogP contribution in [0.4, 0.5) is 8.78 Å². The molecule has 4 nitrogen and oxygen atoms in total. The minimum Gasteiger partial charge on any atom is -0.308 e. The van der Waals surface area contributed by atoms with E-state index in [0.717, 1.165) is 0 Å². The van der Waals surface area contributed by atoms with Crippen molar-refractivity contribution in [3.05, 3.63) is 11.6 Å². The molecule has 6 heteroatoms. The van der Waals surface area contributed by atoms with E-state index in [-0.39, 0.29) is 11.9 Å². The van der Waals surface area contributed by atoms with Crippen LogP contribution >= 0.6 is 0 Å². The van der Waals surface area contributed by atoms with Gasteiger partial charge in [-0.05, 0) is 6.92 Å². The van der Waals surface area contributed by atoms with Gasteiger partial charge in [-0.25, -0.2) is 8.78 Å². The Hall–Kier alpha value is -1.04. The molecule has 1 aromatic rings. The van der Waals surface area contributed by atoms with Crippen LogP contribution in [0, 0.1) is 0 Å². The Morgan fingerprint density at radius 2 is 2.31 bits per heavy atom. The van der Waals surface area contributed by atoms with Crippen LogP contribution in [0.15, 0.2) is 0 Å². The van der Waals surface area contributed by atoms with E-state index in [4.69, 9.17) is 0 Å². The van der Waals surface area contributed by atoms with E-state index < -0.39 is 6.43 Å². The molecule has 1 aliphatic heterocycles. The number of nitrogens with zero attached hydrogens (tertiary/aromatic N) is 3. The molecule has 0 amide bonds. The lowest BCUT2D eigenvalue weighted by Crippen LogP contribution is -2.32. The smallest absolute Gasteiger partial charge is 0.297 e. The molecule has 0 spiro atoms. The number of fused-ring (bicyclic) bond motifs is 1. The largest absolute Gasteiger partial charge is 0.308 e. The molecule has 0 aromatic carbocycles. The van der Waals surface area contributed by atoms with Gasteiger partial charge in [0.05, 0.1) is 6.54 Å². The molecule has 1 N–H and O–H groups in total. The number of halogens is 2. The maximum absolute atomic E-state index is 12.4. The third kappa shape index (κ3) is 1.31. The second kappa shape index (κ2) is 3.02. The van der Waals surface area contributed by atoms with Crippen molar-refractivity contribution < 1.29 is 8.78 Å². The van der Waals surface area contributed by atoms with E-state index in [1.807, 2.05) is 6.92 Å². The normalized spacial score (nSPS) is 22.0. The minimum absolute atomic E-state index is 0.00255. The summed E-state index contributed by atoms with van der Waals surface area (Å²) in [6.45, 7) is 3.07. The van der Waals surface area contributed by atoms with Gasteiger partial charge in [0.15, 0.2) is 0 Å². The summed E-state index contributed by atoms with van der Waals surface area (Å²) in [5, 5.41) is 10.2. The van der Waals surface area contributed by atoms with Gasteiger partial charge < -0.3 is 9.88 Å². The van der Waals surface area contributed by atoms with Gasteiger partial charge in [0.1, 0.15) is 5.82 Å². The number of alkyl halides is 2. The molecule has 0 bridgehead atoms. The van der Waals surface area contributed by atoms with E-state index in [1.165, 1.54) is 4.57 Å². The Morgan fingerprint density at radius 3 is 3.00 bits per heavy atom. The SMILES string of the molecule is CC1CNCc2nnc(C(F)F)n21. The second-order valence-corrected chi connectivity index (χ2v) is 3.13. The van der Waals surface area contributed by atoms with Gasteiger partial charge >= 0.3 is 0 Å². The van der Waals surface area contributed by atoms with Gasteiger partial charge in [0.2, 0.25) is 5.82 Å². The van der Waals surface area contributed by atoms with Crippen molar-refractivity contribution in [2.45, 2.75) is 25.9 Å². The first kappa shape index (κ1) is 8.55. The van der Waals surface area contributed by atoms with Crippen LogP contribution in [0.3, 0.4) is 0 Å². The summed E-state index contributed by atoms with van der Waals surface area (Å²) in [6.07, 6.45) is -2.54. The van der Waals surface area contributed by atoms with E-state index in [1.54, 1.807) is 0 Å². The first-order chi connectivity index (χ1) is 6.20. The number of aromatic nitrogens is 3. The first-order valence-corrected chi connectivity index (χ1v) is 4.12. The van der Waals surface area contributed by atoms with Gasteiger partial charge in [-0.15, -0.1) is 10.2 Å². The third-order valence-corrected chi connectivity index (χ3v) is 2.15. The molecule has 0 saturated heterocycles. The molecular formula is C7H10F2N4. The molecule has 1 unspecified atom stereocenters. The molecule has 72 valence electrons. The standard InChI is InChI=1S/C7H10F2N4/c1-4-2-10-3-5-11-12-7(6(8)9)13(4)5/h4,6,10H,2-3H2,1H3. The number of nitrogens with one attached hydrogen (secondary N) is 1. The number of hydrogen-bond acceptors (Lipinski definition) is 3. The lowest BCUT2D eigenvalue weighted by molar-refractivity contribution is 0.131. The monoisotopic (exact) mass is 188 g/mol. The predicted octanol–water partition coefficient (Wildman–Crippen LogP) is 0.880. The van der Waals surface area contributed by atoms with Crippen LogP contribution in [-0.4, -0.2) is 21.3 Å². The Bertz CT molecular complexity index is 309. The summed E-state index contributed by atoms with van der Waals surface area (Å²) in [6, 6.07) is 0.00255. The lowest BCUT2D eigenvalue weighted by Gasteiger charge is -2.23. The van der Waals surface area contributed by atoms with Crippen molar-refractivity contribution >= 4 is 0 Å². The third-order valence-electron chi connectivity index (χ3n) is 2.15. The van der Waals surface area contributed by atoms with Gasteiger partial charge in [0.25, 0.3) is 6.43 Å². The van der Waals surface area contributed by atoms with Crippen molar-refractivity contribution in [3.8, 4) is 0 Å². The van der Waals surface area contributed by atoms with Gasteiger partial charge in [-0.1, -0.05) is 0 Å². The van der Waals surface area contributed by atoms with E-state index >= 15 is 0 Å². The summed E-state index contributed by atoms with van der Waals surface area (Å²) in [5.41, 5.74) is 0. The molecule has 0 aliphatic carbocycles. The predicted molar refractivity (Wildman–Crippen MR) is 41.4 cm³/mol. The zero-order valence-corrected chi connectivity index (χ0v) is 7.17. The Labute approximate surface area is 74.0 Å². The maximum atomic E-state index is 12.4. The molecule has 0 saturated carbocycles. The van der Waals surface area contributed by atoms with Gasteiger partial charge in [-0.2, -0.15) is 0 Å². The highest BCUT2D eigenvalue weighted by Crippen LogP contribution is 2.23. The molecule has 1 aliphatic rings. The average Bonchev–Trinajstić information content (AvgIpc) is 2.49. The Morgan fingerprint density at radius 1 is 1.54 bits per heavy atom. The Balaban J connectivity index is 2.44. The Kier molecular flexibility index (Phi) is 1.99. The van der Waals surface area contributed by atoms with Crippen molar-refractivity contribution in [3.63, 3.8) is 0 Å². The number of hydrogen-bond donors (Lipinski definition) is 1. The van der Waals surface area contributed by atoms with E-state index in [9.17, 15) is 8.78 Å². The van der Waals surface area contributed by atoms with Crippen molar-refractivity contribution in [1.29, 1.82) is 0 Å². The average molecular weight is 188 g/mol. The van der Waals surface area contributed by atoms with Crippen molar-refractivity contribution in [2.75, 3.05) is 6.54 Å². The molecule has 1 atom stereocenters. The number of rotatable bonds is 1. The first-order valence-electron chi connectivity index (χ1n) is 4.12. The van der Waals surface area contributed by atoms with Crippen LogP contribution < -0.4 is 5.32 Å². The van der Waals surface area contributed by atoms with Gasteiger partial charge in [0, 0.05) is 12.6 Å². The molecule has 0 radical (unpaired) electrons. The highest BCUT2D eigenvalue weighted by Gasteiger charge is 2.25. The fourth-order valence-corrected chi connectivity index (χ4v) is 1.57. The quantitative estimate of drug-likeness (QED) is 0.711. The molecule has 0 fully saturated rings. The maximum Gasteiger partial charge on any atom is 0.297 e. The summed E-state index contributed by atoms with van der Waals surface area (Å²) >= 11 is 0. The minimum atomic E-state index is -2.54. The van der Waals surface area contributed by atoms with Crippen LogP contribution in [0.25, 0.3) is 0 Å². The van der Waals surface area contributed by atoms with E-state index in [2.05, 4.69) is 15.5 Å². The zero-order chi connectivity index (χ0) is 9.42. The van der Waals surface area contributed by atoms with Crippen molar-refractivity contribution in [2.24, 2.45) is 0 Å². The fourth-order valence-electron chi connectivity index (χ4n) is 1.57. The molecule has 2 rings (SSSR count). The van der Waals surface area contributed by atoms with Crippen LogP contribution in [0.1, 0.15) is 31.0 Å². The molecule has 13 heavy (non-hydrogen) atoms. The van der Waals surface area contributed by atoms with Gasteiger partial charge in [-0.3, -0.25) is 0 Å². The topological polar surface area (TPSA) is 42.7 Å². The lowest BCUT2D eigenvalue weighted by atomic mass is 10.2. The molecular weight excluding hydrogens is 178 g/mol. The second-order valence-electron chi connectivity index (χ2n) is 3.13. The van der Waals surface area contributed by atoms with Crippen LogP contribution in [0.5, 0.6) is 0 Å². The molecule has 1 aromatic heterocycles.